The Labute approximate surface area is 115 Å². The van der Waals surface area contributed by atoms with Crippen LogP contribution < -0.4 is 0 Å². The number of rotatable bonds is 4. The molecular weight excluding hydrogens is 294 g/mol. The van der Waals surface area contributed by atoms with Crippen LogP contribution in [-0.2, 0) is 19.1 Å². The normalized spacial score (nSPS) is 14.4. The lowest BCUT2D eigenvalue weighted by Crippen LogP contribution is -2.27. The van der Waals surface area contributed by atoms with Crippen LogP contribution in [0.3, 0.4) is 0 Å². The average Bonchev–Trinajstić information content (AvgIpc) is 2.74. The minimum Gasteiger partial charge on any atom is -0.385 e. The summed E-state index contributed by atoms with van der Waals surface area (Å²) in [6.45, 7) is 1.97. The fourth-order valence-electron chi connectivity index (χ4n) is 1.99. The molecule has 0 saturated carbocycles. The zero-order valence-electron chi connectivity index (χ0n) is 10.5. The van der Waals surface area contributed by atoms with Crippen LogP contribution in [-0.4, -0.2) is 20.1 Å². The Bertz CT molecular complexity index is 541. The molecule has 5 heteroatoms. The standard InChI is InChI=1S/C13H16BrN3O/c1-3-13(18,8-12-9-17(2)16-15-12)10-5-4-6-11(14)7-10/h4-7,9,18H,3,8H2,1-2H3. The second kappa shape index (κ2) is 5.20. The number of aryl methyl sites for hydroxylation is 1. The first-order chi connectivity index (χ1) is 8.53. The summed E-state index contributed by atoms with van der Waals surface area (Å²) in [5, 5.41) is 18.7. The topological polar surface area (TPSA) is 50.9 Å². The van der Waals surface area contributed by atoms with Crippen molar-refractivity contribution >= 4 is 15.9 Å². The van der Waals surface area contributed by atoms with Crippen molar-refractivity contribution in [2.24, 2.45) is 7.05 Å². The summed E-state index contributed by atoms with van der Waals surface area (Å²) in [6, 6.07) is 7.75. The lowest BCUT2D eigenvalue weighted by Gasteiger charge is -2.26. The summed E-state index contributed by atoms with van der Waals surface area (Å²) in [5.74, 6) is 0. The number of hydrogen-bond donors (Lipinski definition) is 1. The molecule has 1 unspecified atom stereocenters. The minimum atomic E-state index is -0.903. The average molecular weight is 310 g/mol. The lowest BCUT2D eigenvalue weighted by atomic mass is 9.87. The van der Waals surface area contributed by atoms with Crippen molar-refractivity contribution in [3.63, 3.8) is 0 Å². The predicted molar refractivity (Wildman–Crippen MR) is 73.0 cm³/mol. The third-order valence-corrected chi connectivity index (χ3v) is 3.56. The van der Waals surface area contributed by atoms with Crippen molar-refractivity contribution in [2.45, 2.75) is 25.4 Å². The van der Waals surface area contributed by atoms with Gasteiger partial charge in [0.15, 0.2) is 0 Å². The smallest absolute Gasteiger partial charge is 0.0950 e. The van der Waals surface area contributed by atoms with E-state index in [0.717, 1.165) is 15.7 Å². The molecule has 2 aromatic rings. The molecule has 0 radical (unpaired) electrons. The first-order valence-electron chi connectivity index (χ1n) is 5.87. The maximum absolute atomic E-state index is 10.8. The molecule has 0 spiro atoms. The van der Waals surface area contributed by atoms with Gasteiger partial charge in [0.1, 0.15) is 0 Å². The van der Waals surface area contributed by atoms with Crippen LogP contribution >= 0.6 is 15.9 Å². The summed E-state index contributed by atoms with van der Waals surface area (Å²) >= 11 is 3.43. The highest BCUT2D eigenvalue weighted by Gasteiger charge is 2.28. The number of aliphatic hydroxyl groups is 1. The largest absolute Gasteiger partial charge is 0.385 e. The zero-order valence-corrected chi connectivity index (χ0v) is 12.1. The molecule has 1 atom stereocenters. The monoisotopic (exact) mass is 309 g/mol. The Morgan fingerprint density at radius 1 is 1.44 bits per heavy atom. The maximum atomic E-state index is 10.8. The number of hydrogen-bond acceptors (Lipinski definition) is 3. The summed E-state index contributed by atoms with van der Waals surface area (Å²) in [5.41, 5.74) is 0.784. The molecule has 1 heterocycles. The molecule has 0 aliphatic rings. The molecule has 0 saturated heterocycles. The van der Waals surface area contributed by atoms with E-state index in [1.54, 1.807) is 4.68 Å². The Kier molecular flexibility index (Phi) is 3.82. The van der Waals surface area contributed by atoms with Crippen LogP contribution in [0.4, 0.5) is 0 Å². The Morgan fingerprint density at radius 3 is 2.78 bits per heavy atom. The van der Waals surface area contributed by atoms with Gasteiger partial charge in [0, 0.05) is 24.1 Å². The molecule has 96 valence electrons. The third-order valence-electron chi connectivity index (χ3n) is 3.07. The molecular formula is C13H16BrN3O. The van der Waals surface area contributed by atoms with Gasteiger partial charge < -0.3 is 5.11 Å². The molecule has 1 N–H and O–H groups in total. The van der Waals surface area contributed by atoms with Crippen molar-refractivity contribution in [3.8, 4) is 0 Å². The van der Waals surface area contributed by atoms with Gasteiger partial charge in [0.2, 0.25) is 0 Å². The van der Waals surface area contributed by atoms with Gasteiger partial charge >= 0.3 is 0 Å². The first kappa shape index (κ1) is 13.2. The van der Waals surface area contributed by atoms with Gasteiger partial charge in [-0.25, -0.2) is 0 Å². The molecule has 2 rings (SSSR count). The SMILES string of the molecule is CCC(O)(Cc1cn(C)nn1)c1cccc(Br)c1. The molecule has 0 bridgehead atoms. The van der Waals surface area contributed by atoms with Gasteiger partial charge in [0.25, 0.3) is 0 Å². The molecule has 1 aromatic carbocycles. The van der Waals surface area contributed by atoms with Crippen LogP contribution in [0.5, 0.6) is 0 Å². The Hall–Kier alpha value is -1.20. The van der Waals surface area contributed by atoms with Gasteiger partial charge in [-0.05, 0) is 24.1 Å². The van der Waals surface area contributed by atoms with E-state index >= 15 is 0 Å². The van der Waals surface area contributed by atoms with Crippen molar-refractivity contribution < 1.29 is 5.11 Å². The van der Waals surface area contributed by atoms with Crippen LogP contribution in [0, 0.1) is 0 Å². The van der Waals surface area contributed by atoms with Gasteiger partial charge in [-0.3, -0.25) is 4.68 Å². The molecule has 1 aromatic heterocycles. The van der Waals surface area contributed by atoms with E-state index in [1.807, 2.05) is 44.4 Å². The maximum Gasteiger partial charge on any atom is 0.0950 e. The quantitative estimate of drug-likeness (QED) is 0.943. The van der Waals surface area contributed by atoms with Crippen molar-refractivity contribution in [1.29, 1.82) is 0 Å². The van der Waals surface area contributed by atoms with E-state index in [2.05, 4.69) is 26.2 Å². The van der Waals surface area contributed by atoms with E-state index in [4.69, 9.17) is 0 Å². The van der Waals surface area contributed by atoms with E-state index < -0.39 is 5.60 Å². The first-order valence-corrected chi connectivity index (χ1v) is 6.66. The van der Waals surface area contributed by atoms with E-state index in [9.17, 15) is 5.11 Å². The second-order valence-electron chi connectivity index (χ2n) is 4.46. The van der Waals surface area contributed by atoms with Crippen LogP contribution in [0.15, 0.2) is 34.9 Å². The van der Waals surface area contributed by atoms with Crippen molar-refractivity contribution in [2.75, 3.05) is 0 Å². The highest BCUT2D eigenvalue weighted by Crippen LogP contribution is 2.30. The second-order valence-corrected chi connectivity index (χ2v) is 5.37. The molecule has 0 fully saturated rings. The Morgan fingerprint density at radius 2 is 2.22 bits per heavy atom. The minimum absolute atomic E-state index is 0.466. The Balaban J connectivity index is 2.30. The molecule has 0 aliphatic heterocycles. The van der Waals surface area contributed by atoms with Gasteiger partial charge in [-0.1, -0.05) is 40.2 Å². The summed E-state index contributed by atoms with van der Waals surface area (Å²) in [4.78, 5) is 0. The molecule has 0 aliphatic carbocycles. The van der Waals surface area contributed by atoms with Crippen LogP contribution in [0.25, 0.3) is 0 Å². The highest BCUT2D eigenvalue weighted by atomic mass is 79.9. The predicted octanol–water partition coefficient (Wildman–Crippen LogP) is 2.42. The van der Waals surface area contributed by atoms with Crippen molar-refractivity contribution in [1.82, 2.24) is 15.0 Å². The fraction of sp³-hybridized carbons (Fsp3) is 0.385. The van der Waals surface area contributed by atoms with E-state index in [0.29, 0.717) is 12.8 Å². The number of nitrogens with zero attached hydrogens (tertiary/aromatic N) is 3. The van der Waals surface area contributed by atoms with Crippen LogP contribution in [0.1, 0.15) is 24.6 Å². The number of halogens is 1. The zero-order chi connectivity index (χ0) is 13.2. The number of aromatic nitrogens is 3. The third kappa shape index (κ3) is 2.79. The lowest BCUT2D eigenvalue weighted by molar-refractivity contribution is 0.0317. The highest BCUT2D eigenvalue weighted by molar-refractivity contribution is 9.10. The van der Waals surface area contributed by atoms with Gasteiger partial charge in [-0.15, -0.1) is 5.10 Å². The van der Waals surface area contributed by atoms with Gasteiger partial charge in [-0.2, -0.15) is 0 Å². The van der Waals surface area contributed by atoms with Gasteiger partial charge in [0.05, 0.1) is 11.3 Å². The summed E-state index contributed by atoms with van der Waals surface area (Å²) < 4.78 is 2.61. The fourth-order valence-corrected chi connectivity index (χ4v) is 2.38. The van der Waals surface area contributed by atoms with E-state index in [1.165, 1.54) is 0 Å². The molecule has 0 amide bonds. The van der Waals surface area contributed by atoms with E-state index in [-0.39, 0.29) is 0 Å². The molecule has 18 heavy (non-hydrogen) atoms. The summed E-state index contributed by atoms with van der Waals surface area (Å²) in [7, 11) is 1.82. The molecule has 4 nitrogen and oxygen atoms in total. The number of benzene rings is 1. The summed E-state index contributed by atoms with van der Waals surface area (Å²) in [6.07, 6.45) is 2.92. The van der Waals surface area contributed by atoms with Crippen LogP contribution in [0.2, 0.25) is 0 Å². The van der Waals surface area contributed by atoms with Crippen molar-refractivity contribution in [3.05, 3.63) is 46.2 Å².